The number of anilines is 1. The van der Waals surface area contributed by atoms with Gasteiger partial charge in [-0.1, -0.05) is 37.3 Å². The van der Waals surface area contributed by atoms with Gasteiger partial charge in [-0.25, -0.2) is 9.67 Å². The second-order valence-electron chi connectivity index (χ2n) is 6.51. The van der Waals surface area contributed by atoms with Gasteiger partial charge in [0.25, 0.3) is 5.91 Å². The van der Waals surface area contributed by atoms with Crippen molar-refractivity contribution in [3.63, 3.8) is 0 Å². The Morgan fingerprint density at radius 1 is 1.19 bits per heavy atom. The fourth-order valence-electron chi connectivity index (χ4n) is 3.21. The third-order valence-electron chi connectivity index (χ3n) is 4.53. The van der Waals surface area contributed by atoms with E-state index in [9.17, 15) is 4.79 Å². The largest absolute Gasteiger partial charge is 0.304 e. The third kappa shape index (κ3) is 3.21. The molecule has 0 aliphatic heterocycles. The number of rotatable bonds is 4. The van der Waals surface area contributed by atoms with Crippen molar-refractivity contribution in [3.8, 4) is 0 Å². The molecule has 5 nitrogen and oxygen atoms in total. The molecule has 2 aromatic heterocycles. The van der Waals surface area contributed by atoms with Crippen molar-refractivity contribution in [2.45, 2.75) is 26.8 Å². The van der Waals surface area contributed by atoms with Crippen LogP contribution in [0.4, 0.5) is 5.82 Å². The number of aryl methyl sites for hydroxylation is 2. The number of hydrogen-bond acceptors (Lipinski definition) is 3. The summed E-state index contributed by atoms with van der Waals surface area (Å²) in [7, 11) is 0. The molecular formula is C21H19BrN4O. The minimum absolute atomic E-state index is 0.199. The van der Waals surface area contributed by atoms with Crippen LogP contribution in [0.3, 0.4) is 0 Å². The minimum atomic E-state index is -0.199. The summed E-state index contributed by atoms with van der Waals surface area (Å²) in [5.41, 5.74) is 3.45. The van der Waals surface area contributed by atoms with E-state index in [0.29, 0.717) is 11.4 Å². The molecule has 1 N–H and O–H groups in total. The number of nitrogens with zero attached hydrogens (tertiary/aromatic N) is 3. The molecule has 1 amide bonds. The second kappa shape index (κ2) is 7.12. The van der Waals surface area contributed by atoms with Crippen molar-refractivity contribution in [1.29, 1.82) is 0 Å². The number of para-hydroxylation sites is 1. The van der Waals surface area contributed by atoms with Crippen molar-refractivity contribution in [2.24, 2.45) is 0 Å². The number of carbonyl (C=O) groups is 1. The fraction of sp³-hybridized carbons (Fsp3) is 0.190. The second-order valence-corrected chi connectivity index (χ2v) is 7.37. The Bertz CT molecular complexity index is 1170. The van der Waals surface area contributed by atoms with Crippen LogP contribution >= 0.6 is 15.9 Å². The van der Waals surface area contributed by atoms with E-state index in [0.717, 1.165) is 44.9 Å². The molecule has 0 bridgehead atoms. The van der Waals surface area contributed by atoms with Gasteiger partial charge in [0.15, 0.2) is 11.5 Å². The van der Waals surface area contributed by atoms with E-state index in [1.54, 1.807) is 6.07 Å². The Morgan fingerprint density at radius 3 is 2.78 bits per heavy atom. The molecular weight excluding hydrogens is 404 g/mol. The zero-order chi connectivity index (χ0) is 19.0. The summed E-state index contributed by atoms with van der Waals surface area (Å²) >= 11 is 3.43. The van der Waals surface area contributed by atoms with Gasteiger partial charge < -0.3 is 5.32 Å². The van der Waals surface area contributed by atoms with E-state index in [-0.39, 0.29) is 5.91 Å². The molecule has 6 heteroatoms. The lowest BCUT2D eigenvalue weighted by Gasteiger charge is -2.05. The maximum absolute atomic E-state index is 12.8. The number of halogens is 1. The van der Waals surface area contributed by atoms with Crippen molar-refractivity contribution >= 4 is 49.6 Å². The minimum Gasteiger partial charge on any atom is -0.304 e. The Morgan fingerprint density at radius 2 is 2.00 bits per heavy atom. The van der Waals surface area contributed by atoms with Gasteiger partial charge in [-0.2, -0.15) is 5.10 Å². The van der Waals surface area contributed by atoms with Crippen LogP contribution in [0.15, 0.2) is 53.0 Å². The van der Waals surface area contributed by atoms with Crippen LogP contribution in [0.5, 0.6) is 0 Å². The normalized spacial score (nSPS) is 11.2. The average Bonchev–Trinajstić information content (AvgIpc) is 2.98. The number of nitrogens with one attached hydrogen (secondary N) is 1. The van der Waals surface area contributed by atoms with Gasteiger partial charge in [0.05, 0.1) is 16.5 Å². The lowest BCUT2D eigenvalue weighted by Crippen LogP contribution is -2.13. The third-order valence-corrected chi connectivity index (χ3v) is 5.23. The first-order chi connectivity index (χ1) is 13.1. The number of aromatic nitrogens is 3. The number of carbonyl (C=O) groups excluding carboxylic acids is 1. The highest BCUT2D eigenvalue weighted by atomic mass is 79.9. The molecule has 0 spiro atoms. The zero-order valence-electron chi connectivity index (χ0n) is 15.2. The van der Waals surface area contributed by atoms with E-state index >= 15 is 0 Å². The topological polar surface area (TPSA) is 59.8 Å². The van der Waals surface area contributed by atoms with Gasteiger partial charge in [-0.05, 0) is 53.0 Å². The standard InChI is InChI=1S/C21H19BrN4O/c1-3-11-26-20-16(12-14-8-6-7-13(2)18(14)23-20)19(25-26)24-21(27)15-9-4-5-10-17(15)22/h4-10,12H,3,11H2,1-2H3,(H,24,25,27). The first-order valence-electron chi connectivity index (χ1n) is 8.91. The number of benzene rings is 2. The van der Waals surface area contributed by atoms with Crippen LogP contribution in [0, 0.1) is 6.92 Å². The summed E-state index contributed by atoms with van der Waals surface area (Å²) in [6.07, 6.45) is 0.932. The first kappa shape index (κ1) is 17.7. The van der Waals surface area contributed by atoms with E-state index in [1.807, 2.05) is 35.0 Å². The summed E-state index contributed by atoms with van der Waals surface area (Å²) in [5, 5.41) is 9.48. The molecule has 0 radical (unpaired) electrons. The van der Waals surface area contributed by atoms with E-state index in [4.69, 9.17) is 4.98 Å². The highest BCUT2D eigenvalue weighted by Crippen LogP contribution is 2.28. The molecule has 2 heterocycles. The maximum Gasteiger partial charge on any atom is 0.258 e. The molecule has 0 unspecified atom stereocenters. The molecule has 0 atom stereocenters. The van der Waals surface area contributed by atoms with Crippen LogP contribution in [0.2, 0.25) is 0 Å². The lowest BCUT2D eigenvalue weighted by atomic mass is 10.1. The van der Waals surface area contributed by atoms with Gasteiger partial charge in [-0.15, -0.1) is 0 Å². The van der Waals surface area contributed by atoms with Gasteiger partial charge >= 0.3 is 0 Å². The smallest absolute Gasteiger partial charge is 0.258 e. The number of amides is 1. The highest BCUT2D eigenvalue weighted by molar-refractivity contribution is 9.10. The molecule has 4 aromatic rings. The number of fused-ring (bicyclic) bond motifs is 2. The Kier molecular flexibility index (Phi) is 4.66. The number of hydrogen-bond donors (Lipinski definition) is 1. The van der Waals surface area contributed by atoms with E-state index in [2.05, 4.69) is 52.3 Å². The van der Waals surface area contributed by atoms with Crippen LogP contribution in [-0.2, 0) is 6.54 Å². The average molecular weight is 423 g/mol. The molecule has 136 valence electrons. The summed E-state index contributed by atoms with van der Waals surface area (Å²) in [6, 6.07) is 15.5. The van der Waals surface area contributed by atoms with Gasteiger partial charge in [0.1, 0.15) is 0 Å². The molecule has 0 saturated carbocycles. The Hall–Kier alpha value is -2.73. The van der Waals surface area contributed by atoms with Gasteiger partial charge in [0.2, 0.25) is 0 Å². The Balaban J connectivity index is 1.85. The van der Waals surface area contributed by atoms with Gasteiger partial charge in [-0.3, -0.25) is 4.79 Å². The highest BCUT2D eigenvalue weighted by Gasteiger charge is 2.17. The van der Waals surface area contributed by atoms with E-state index in [1.165, 1.54) is 0 Å². The summed E-state index contributed by atoms with van der Waals surface area (Å²) in [6.45, 7) is 4.89. The molecule has 2 aromatic carbocycles. The molecule has 0 aliphatic carbocycles. The van der Waals surface area contributed by atoms with E-state index < -0.39 is 0 Å². The molecule has 4 rings (SSSR count). The van der Waals surface area contributed by atoms with Crippen molar-refractivity contribution < 1.29 is 4.79 Å². The van der Waals surface area contributed by atoms with Crippen LogP contribution in [0.1, 0.15) is 29.3 Å². The van der Waals surface area contributed by atoms with Crippen molar-refractivity contribution in [3.05, 3.63) is 64.1 Å². The van der Waals surface area contributed by atoms with Crippen LogP contribution in [-0.4, -0.2) is 20.7 Å². The Labute approximate surface area is 165 Å². The van der Waals surface area contributed by atoms with Crippen molar-refractivity contribution in [1.82, 2.24) is 14.8 Å². The van der Waals surface area contributed by atoms with Gasteiger partial charge in [0, 0.05) is 16.4 Å². The summed E-state index contributed by atoms with van der Waals surface area (Å²) in [4.78, 5) is 17.6. The monoisotopic (exact) mass is 422 g/mol. The predicted molar refractivity (Wildman–Crippen MR) is 112 cm³/mol. The number of pyridine rings is 1. The quantitative estimate of drug-likeness (QED) is 0.484. The van der Waals surface area contributed by atoms with Crippen LogP contribution in [0.25, 0.3) is 21.9 Å². The lowest BCUT2D eigenvalue weighted by molar-refractivity contribution is 0.102. The molecule has 0 saturated heterocycles. The summed E-state index contributed by atoms with van der Waals surface area (Å²) < 4.78 is 2.62. The SMILES string of the molecule is CCCn1nc(NC(=O)c2ccccc2Br)c2cc3cccc(C)c3nc21. The maximum atomic E-state index is 12.8. The molecule has 0 fully saturated rings. The van der Waals surface area contributed by atoms with Crippen LogP contribution < -0.4 is 5.32 Å². The molecule has 0 aliphatic rings. The first-order valence-corrected chi connectivity index (χ1v) is 9.70. The van der Waals surface area contributed by atoms with Crippen molar-refractivity contribution in [2.75, 3.05) is 5.32 Å². The predicted octanol–water partition coefficient (Wildman–Crippen LogP) is 5.32. The molecule has 27 heavy (non-hydrogen) atoms. The fourth-order valence-corrected chi connectivity index (χ4v) is 3.68. The summed E-state index contributed by atoms with van der Waals surface area (Å²) in [5.74, 6) is 0.338. The zero-order valence-corrected chi connectivity index (χ0v) is 16.7.